The van der Waals surface area contributed by atoms with Gasteiger partial charge in [-0.25, -0.2) is 0 Å². The van der Waals surface area contributed by atoms with Gasteiger partial charge in [-0.05, 0) is 0 Å². The van der Waals surface area contributed by atoms with Crippen LogP contribution in [0, 0.1) is 0 Å². The van der Waals surface area contributed by atoms with Crippen molar-refractivity contribution in [2.75, 3.05) is 0 Å². The van der Waals surface area contributed by atoms with E-state index in [-0.39, 0.29) is 5.42 Å². The molecule has 0 amide bonds. The average molecular weight is 101 g/mol. The summed E-state index contributed by atoms with van der Waals surface area (Å²) in [6.45, 7) is 1.93. The fraction of sp³-hybridized carbons (Fsp3) is 0.667. The van der Waals surface area contributed by atoms with E-state index in [4.69, 9.17) is 0 Å². The summed E-state index contributed by atoms with van der Waals surface area (Å²) in [5, 5.41) is 0. The molecule has 0 N–H and O–H groups in total. The van der Waals surface area contributed by atoms with Crippen molar-refractivity contribution in [1.82, 2.24) is 0 Å². The minimum absolute atomic E-state index is 0.0810. The number of hydrogen-bond donors (Lipinski definition) is 0. The first-order chi connectivity index (χ1) is 2.77. The second-order valence-corrected chi connectivity index (χ2v) is 1.58. The maximum Gasteiger partial charge on any atom is 0.207 e. The molecule has 0 spiro atoms. The minimum Gasteiger partial charge on any atom is -0.308 e. The molecule has 0 saturated carbocycles. The van der Waals surface area contributed by atoms with Crippen molar-refractivity contribution in [3.05, 3.63) is 0 Å². The highest BCUT2D eigenvalue weighted by Crippen LogP contribution is 1.86. The summed E-state index contributed by atoms with van der Waals surface area (Å²) in [7, 11) is 3.70. The SMILES string of the molecule is CC[B]C(=O)P. The predicted molar refractivity (Wildman–Crippen MR) is 31.3 cm³/mol. The number of carbonyl (C=O) groups excluding carboxylic acids is 1. The van der Waals surface area contributed by atoms with Crippen molar-refractivity contribution >= 4 is 21.9 Å². The van der Waals surface area contributed by atoms with Crippen molar-refractivity contribution in [3.63, 3.8) is 0 Å². The third kappa shape index (κ3) is 4.16. The highest BCUT2D eigenvalue weighted by Gasteiger charge is 1.88. The maximum atomic E-state index is 9.95. The van der Waals surface area contributed by atoms with Gasteiger partial charge in [-0.3, -0.25) is 0 Å². The maximum absolute atomic E-state index is 9.95. The summed E-state index contributed by atoms with van der Waals surface area (Å²) in [5.41, 5.74) is 0.0810. The Balaban J connectivity index is 2.83. The molecule has 0 saturated heterocycles. The van der Waals surface area contributed by atoms with Gasteiger partial charge in [-0.15, -0.1) is 0 Å². The summed E-state index contributed by atoms with van der Waals surface area (Å²) in [6, 6.07) is 0. The highest BCUT2D eigenvalue weighted by atomic mass is 31.0. The van der Waals surface area contributed by atoms with Gasteiger partial charge in [0.15, 0.2) is 0 Å². The lowest BCUT2D eigenvalue weighted by molar-refractivity contribution is 0.275. The Morgan fingerprint density at radius 2 is 2.50 bits per heavy atom. The van der Waals surface area contributed by atoms with E-state index in [1.807, 2.05) is 6.92 Å². The van der Waals surface area contributed by atoms with Crippen molar-refractivity contribution in [3.8, 4) is 0 Å². The second kappa shape index (κ2) is 3.36. The second-order valence-electron chi connectivity index (χ2n) is 1.01. The monoisotopic (exact) mass is 101 g/mol. The van der Waals surface area contributed by atoms with Crippen LogP contribution in [0.3, 0.4) is 0 Å². The van der Waals surface area contributed by atoms with Gasteiger partial charge in [0.05, 0.1) is 5.42 Å². The molecule has 3 heteroatoms. The van der Waals surface area contributed by atoms with Crippen LogP contribution in [0.15, 0.2) is 0 Å². The molecule has 0 aliphatic carbocycles. The van der Waals surface area contributed by atoms with E-state index in [1.165, 1.54) is 0 Å². The van der Waals surface area contributed by atoms with E-state index in [9.17, 15) is 4.79 Å². The highest BCUT2D eigenvalue weighted by molar-refractivity contribution is 7.49. The van der Waals surface area contributed by atoms with Crippen LogP contribution in [0.5, 0.6) is 0 Å². The third-order valence-electron chi connectivity index (χ3n) is 0.405. The molecule has 0 aromatic heterocycles. The van der Waals surface area contributed by atoms with Crippen LogP contribution in [-0.4, -0.2) is 12.7 Å². The molecule has 0 aromatic carbocycles. The van der Waals surface area contributed by atoms with Gasteiger partial charge in [0.1, 0.15) is 0 Å². The van der Waals surface area contributed by atoms with Crippen molar-refractivity contribution in [2.24, 2.45) is 0 Å². The summed E-state index contributed by atoms with van der Waals surface area (Å²) in [4.78, 5) is 9.95. The van der Waals surface area contributed by atoms with Crippen molar-refractivity contribution < 1.29 is 4.79 Å². The van der Waals surface area contributed by atoms with Gasteiger partial charge < -0.3 is 4.79 Å². The zero-order chi connectivity index (χ0) is 4.99. The Morgan fingerprint density at radius 3 is 2.50 bits per heavy atom. The lowest BCUT2D eigenvalue weighted by Gasteiger charge is -1.77. The smallest absolute Gasteiger partial charge is 0.207 e. The first kappa shape index (κ1) is 6.16. The Kier molecular flexibility index (Phi) is 3.45. The number of carbonyl (C=O) groups is 1. The first-order valence-corrected chi connectivity index (χ1v) is 2.47. The predicted octanol–water partition coefficient (Wildman–Crippen LogP) is 1.12. The molecule has 1 unspecified atom stereocenters. The van der Waals surface area contributed by atoms with Crippen molar-refractivity contribution in [2.45, 2.75) is 13.2 Å². The van der Waals surface area contributed by atoms with Crippen molar-refractivity contribution in [1.29, 1.82) is 0 Å². The van der Waals surface area contributed by atoms with Gasteiger partial charge in [0.2, 0.25) is 7.28 Å². The Morgan fingerprint density at radius 1 is 2.00 bits per heavy atom. The fourth-order valence-corrected chi connectivity index (χ4v) is 0.437. The molecule has 0 heterocycles. The van der Waals surface area contributed by atoms with Gasteiger partial charge in [0, 0.05) is 0 Å². The third-order valence-corrected chi connectivity index (χ3v) is 0.641. The van der Waals surface area contributed by atoms with Gasteiger partial charge in [0.25, 0.3) is 0 Å². The average Bonchev–Trinajstić information content (AvgIpc) is 1.35. The Labute approximate surface area is 40.9 Å². The zero-order valence-electron chi connectivity index (χ0n) is 3.77. The molecule has 1 nitrogen and oxygen atoms in total. The largest absolute Gasteiger partial charge is 0.308 e. The summed E-state index contributed by atoms with van der Waals surface area (Å²) in [5.74, 6) is 0. The lowest BCUT2D eigenvalue weighted by atomic mass is 9.78. The molecule has 0 bridgehead atoms. The first-order valence-electron chi connectivity index (χ1n) is 1.90. The molecule has 0 aliphatic heterocycles. The standard InChI is InChI=1S/C3H7BOP/c1-2-4-3(5)6/h2,6H2,1H3. The normalized spacial score (nSPS) is 7.67. The topological polar surface area (TPSA) is 17.1 Å². The molecular weight excluding hydrogens is 93.8 g/mol. The van der Waals surface area contributed by atoms with Crippen LogP contribution in [-0.2, 0) is 0 Å². The number of hydrogen-bond acceptors (Lipinski definition) is 1. The summed E-state index contributed by atoms with van der Waals surface area (Å²) >= 11 is 0. The van der Waals surface area contributed by atoms with Crippen LogP contribution in [0.2, 0.25) is 6.32 Å². The van der Waals surface area contributed by atoms with Gasteiger partial charge in [-0.2, -0.15) is 0 Å². The number of rotatable bonds is 2. The minimum atomic E-state index is 0.0810. The Hall–Kier alpha value is 0.165. The lowest BCUT2D eigenvalue weighted by Crippen LogP contribution is -1.92. The Bertz CT molecular complexity index is 54.8. The molecule has 0 rings (SSSR count). The van der Waals surface area contributed by atoms with E-state index in [0.717, 1.165) is 6.32 Å². The van der Waals surface area contributed by atoms with E-state index in [1.54, 1.807) is 7.28 Å². The molecule has 1 atom stereocenters. The molecule has 6 heavy (non-hydrogen) atoms. The van der Waals surface area contributed by atoms with E-state index in [2.05, 4.69) is 9.24 Å². The van der Waals surface area contributed by atoms with E-state index >= 15 is 0 Å². The molecule has 33 valence electrons. The summed E-state index contributed by atoms with van der Waals surface area (Å²) in [6.07, 6.45) is 0.836. The molecule has 1 radical (unpaired) electrons. The fourth-order valence-electron chi connectivity index (χ4n) is 0.201. The summed E-state index contributed by atoms with van der Waals surface area (Å²) < 4.78 is 0. The van der Waals surface area contributed by atoms with Gasteiger partial charge >= 0.3 is 0 Å². The van der Waals surface area contributed by atoms with Crippen LogP contribution < -0.4 is 0 Å². The molecule has 0 fully saturated rings. The van der Waals surface area contributed by atoms with Crippen LogP contribution in [0.25, 0.3) is 0 Å². The van der Waals surface area contributed by atoms with Crippen LogP contribution in [0.4, 0.5) is 4.79 Å². The van der Waals surface area contributed by atoms with Crippen LogP contribution >= 0.6 is 9.24 Å². The molecule has 0 aromatic rings. The van der Waals surface area contributed by atoms with E-state index in [0.29, 0.717) is 0 Å². The molecular formula is C3H7BOP. The van der Waals surface area contributed by atoms with Gasteiger partial charge in [-0.1, -0.05) is 22.5 Å². The van der Waals surface area contributed by atoms with Crippen LogP contribution in [0.1, 0.15) is 6.92 Å². The van der Waals surface area contributed by atoms with E-state index < -0.39 is 0 Å². The quantitative estimate of drug-likeness (QED) is 0.376. The zero-order valence-corrected chi connectivity index (χ0v) is 4.92. The molecule has 0 aliphatic rings.